The molecule has 1 amide bonds. The second-order valence-corrected chi connectivity index (χ2v) is 7.45. The first kappa shape index (κ1) is 20.3. The third-order valence-electron chi connectivity index (χ3n) is 5.34. The van der Waals surface area contributed by atoms with Crippen molar-refractivity contribution >= 4 is 22.6 Å². The zero-order valence-electron chi connectivity index (χ0n) is 17.4. The molecule has 31 heavy (non-hydrogen) atoms. The van der Waals surface area contributed by atoms with Crippen molar-refractivity contribution in [1.29, 1.82) is 5.41 Å². The number of benzene rings is 1. The summed E-state index contributed by atoms with van der Waals surface area (Å²) < 4.78 is 3.01. The number of rotatable bonds is 5. The zero-order valence-corrected chi connectivity index (χ0v) is 17.4. The molecule has 4 rings (SSSR count). The van der Waals surface area contributed by atoms with E-state index in [9.17, 15) is 9.59 Å². The summed E-state index contributed by atoms with van der Waals surface area (Å²) in [7, 11) is 0. The molecule has 1 atom stereocenters. The van der Waals surface area contributed by atoms with Crippen molar-refractivity contribution < 1.29 is 4.79 Å². The standard InChI is InChI=1S/C24H23N5O2/c1-4-12-28-20(25)18(23(30)26-16(3)17-10-6-5-7-11-17)14-19-22(28)27-21-15(2)9-8-13-29(21)24(19)31/h4-11,13-14,16,25H,1,12H2,2-3H3,(H,26,30). The van der Waals surface area contributed by atoms with Gasteiger partial charge in [0.15, 0.2) is 0 Å². The highest BCUT2D eigenvalue weighted by Gasteiger charge is 2.19. The van der Waals surface area contributed by atoms with Gasteiger partial charge in [0.2, 0.25) is 0 Å². The minimum atomic E-state index is -0.421. The number of aryl methyl sites for hydroxylation is 1. The lowest BCUT2D eigenvalue weighted by Gasteiger charge is -2.17. The van der Waals surface area contributed by atoms with E-state index < -0.39 is 5.91 Å². The van der Waals surface area contributed by atoms with E-state index in [4.69, 9.17) is 5.41 Å². The van der Waals surface area contributed by atoms with Gasteiger partial charge in [0.1, 0.15) is 16.8 Å². The van der Waals surface area contributed by atoms with Crippen molar-refractivity contribution in [3.05, 3.63) is 99.9 Å². The van der Waals surface area contributed by atoms with Crippen molar-refractivity contribution in [3.63, 3.8) is 0 Å². The fourth-order valence-corrected chi connectivity index (χ4v) is 3.68. The Balaban J connectivity index is 1.91. The first-order chi connectivity index (χ1) is 14.9. The monoisotopic (exact) mass is 413 g/mol. The van der Waals surface area contributed by atoms with E-state index in [1.807, 2.05) is 50.2 Å². The van der Waals surface area contributed by atoms with E-state index >= 15 is 0 Å². The van der Waals surface area contributed by atoms with E-state index in [-0.39, 0.29) is 34.6 Å². The molecule has 0 fully saturated rings. The van der Waals surface area contributed by atoms with Crippen molar-refractivity contribution in [2.45, 2.75) is 26.4 Å². The molecular weight excluding hydrogens is 390 g/mol. The van der Waals surface area contributed by atoms with Crippen LogP contribution in [0.25, 0.3) is 16.7 Å². The number of amides is 1. The van der Waals surface area contributed by atoms with Crippen LogP contribution in [0.2, 0.25) is 0 Å². The summed E-state index contributed by atoms with van der Waals surface area (Å²) >= 11 is 0. The molecule has 0 aliphatic heterocycles. The van der Waals surface area contributed by atoms with Crippen molar-refractivity contribution in [2.75, 3.05) is 0 Å². The normalized spacial score (nSPS) is 12.1. The topological polar surface area (TPSA) is 92.2 Å². The van der Waals surface area contributed by atoms with Gasteiger partial charge in [-0.05, 0) is 37.1 Å². The van der Waals surface area contributed by atoms with Gasteiger partial charge in [-0.3, -0.25) is 19.4 Å². The second kappa shape index (κ2) is 8.02. The molecule has 7 heteroatoms. The molecule has 1 aromatic carbocycles. The molecule has 0 aliphatic rings. The van der Waals surface area contributed by atoms with Crippen LogP contribution in [-0.2, 0) is 6.54 Å². The lowest BCUT2D eigenvalue weighted by Crippen LogP contribution is -2.35. The van der Waals surface area contributed by atoms with Crippen LogP contribution in [-0.4, -0.2) is 19.9 Å². The molecule has 0 radical (unpaired) electrons. The van der Waals surface area contributed by atoms with Crippen LogP contribution in [0.5, 0.6) is 0 Å². The molecule has 0 spiro atoms. The van der Waals surface area contributed by atoms with Gasteiger partial charge < -0.3 is 9.88 Å². The lowest BCUT2D eigenvalue weighted by atomic mass is 10.1. The first-order valence-electron chi connectivity index (χ1n) is 9.99. The molecule has 1 unspecified atom stereocenters. The Bertz CT molecular complexity index is 1430. The summed E-state index contributed by atoms with van der Waals surface area (Å²) in [6, 6.07) is 14.4. The Labute approximate surface area is 178 Å². The third kappa shape index (κ3) is 3.54. The average Bonchev–Trinajstić information content (AvgIpc) is 2.77. The minimum absolute atomic E-state index is 0.0185. The fourth-order valence-electron chi connectivity index (χ4n) is 3.68. The number of pyridine rings is 2. The molecule has 2 N–H and O–H groups in total. The summed E-state index contributed by atoms with van der Waals surface area (Å²) in [4.78, 5) is 30.9. The van der Waals surface area contributed by atoms with Crippen molar-refractivity contribution in [2.24, 2.45) is 0 Å². The summed E-state index contributed by atoms with van der Waals surface area (Å²) in [5.74, 6) is -0.421. The van der Waals surface area contributed by atoms with Crippen LogP contribution in [0.15, 0.2) is 72.2 Å². The van der Waals surface area contributed by atoms with E-state index in [1.165, 1.54) is 15.0 Å². The molecule has 0 aliphatic carbocycles. The molecule has 156 valence electrons. The maximum absolute atomic E-state index is 13.2. The Morgan fingerprint density at radius 1 is 1.23 bits per heavy atom. The first-order valence-corrected chi connectivity index (χ1v) is 9.99. The summed E-state index contributed by atoms with van der Waals surface area (Å²) in [5, 5.41) is 11.9. The SMILES string of the molecule is C=CCn1c(=N)c(C(=O)NC(C)c2ccccc2)cc2c(=O)n3cccc(C)c3nc21. The molecule has 0 saturated carbocycles. The fraction of sp³-hybridized carbons (Fsp3) is 0.167. The molecular formula is C24H23N5O2. The maximum atomic E-state index is 13.2. The van der Waals surface area contributed by atoms with Crippen LogP contribution in [0, 0.1) is 12.3 Å². The Kier molecular flexibility index (Phi) is 5.25. The van der Waals surface area contributed by atoms with E-state index in [0.717, 1.165) is 11.1 Å². The zero-order chi connectivity index (χ0) is 22.1. The van der Waals surface area contributed by atoms with Gasteiger partial charge in [-0.15, -0.1) is 6.58 Å². The number of allylic oxidation sites excluding steroid dienone is 1. The quantitative estimate of drug-likeness (QED) is 0.389. The number of hydrogen-bond donors (Lipinski definition) is 2. The van der Waals surface area contributed by atoms with Crippen LogP contribution in [0.4, 0.5) is 0 Å². The molecule has 0 bridgehead atoms. The van der Waals surface area contributed by atoms with E-state index in [0.29, 0.717) is 11.3 Å². The molecule has 7 nitrogen and oxygen atoms in total. The summed E-state index contributed by atoms with van der Waals surface area (Å²) in [5.41, 5.74) is 2.48. The number of fused-ring (bicyclic) bond motifs is 2. The highest BCUT2D eigenvalue weighted by molar-refractivity contribution is 5.97. The van der Waals surface area contributed by atoms with E-state index in [2.05, 4.69) is 16.9 Å². The van der Waals surface area contributed by atoms with Crippen LogP contribution < -0.4 is 16.4 Å². The van der Waals surface area contributed by atoms with Gasteiger partial charge in [0, 0.05) is 12.7 Å². The largest absolute Gasteiger partial charge is 0.345 e. The smallest absolute Gasteiger partial charge is 0.267 e. The van der Waals surface area contributed by atoms with Crippen LogP contribution >= 0.6 is 0 Å². The van der Waals surface area contributed by atoms with Gasteiger partial charge in [0.05, 0.1) is 17.0 Å². The minimum Gasteiger partial charge on any atom is -0.345 e. The molecule has 3 aromatic heterocycles. The van der Waals surface area contributed by atoms with Crippen molar-refractivity contribution in [3.8, 4) is 0 Å². The lowest BCUT2D eigenvalue weighted by molar-refractivity contribution is 0.0937. The number of nitrogens with zero attached hydrogens (tertiary/aromatic N) is 3. The van der Waals surface area contributed by atoms with E-state index in [1.54, 1.807) is 18.3 Å². The van der Waals surface area contributed by atoms with Crippen molar-refractivity contribution in [1.82, 2.24) is 19.3 Å². The van der Waals surface area contributed by atoms with Gasteiger partial charge >= 0.3 is 0 Å². The molecule has 0 saturated heterocycles. The average molecular weight is 413 g/mol. The highest BCUT2D eigenvalue weighted by atomic mass is 16.2. The Morgan fingerprint density at radius 2 is 1.97 bits per heavy atom. The van der Waals surface area contributed by atoms with Gasteiger partial charge in [0.25, 0.3) is 11.5 Å². The number of aromatic nitrogens is 3. The Hall–Kier alpha value is -4.00. The predicted molar refractivity (Wildman–Crippen MR) is 120 cm³/mol. The predicted octanol–water partition coefficient (Wildman–Crippen LogP) is 3.11. The van der Waals surface area contributed by atoms with Gasteiger partial charge in [-0.2, -0.15) is 0 Å². The van der Waals surface area contributed by atoms with Gasteiger partial charge in [-0.1, -0.05) is 42.5 Å². The Morgan fingerprint density at radius 3 is 2.68 bits per heavy atom. The number of carbonyl (C=O) groups is 1. The number of nitrogens with one attached hydrogen (secondary N) is 2. The highest BCUT2D eigenvalue weighted by Crippen LogP contribution is 2.15. The molecule has 3 heterocycles. The number of hydrogen-bond acceptors (Lipinski definition) is 4. The summed E-state index contributed by atoms with van der Waals surface area (Å²) in [6.07, 6.45) is 3.27. The number of carbonyl (C=O) groups excluding carboxylic acids is 1. The molecule has 4 aromatic rings. The third-order valence-corrected chi connectivity index (χ3v) is 5.34. The summed E-state index contributed by atoms with van der Waals surface area (Å²) in [6.45, 7) is 7.75. The van der Waals surface area contributed by atoms with Crippen LogP contribution in [0.3, 0.4) is 0 Å². The van der Waals surface area contributed by atoms with Gasteiger partial charge in [-0.25, -0.2) is 4.98 Å². The maximum Gasteiger partial charge on any atom is 0.267 e. The second-order valence-electron chi connectivity index (χ2n) is 7.45. The van der Waals surface area contributed by atoms with Crippen LogP contribution in [0.1, 0.15) is 34.5 Å².